The van der Waals surface area contributed by atoms with E-state index in [-0.39, 0.29) is 0 Å². The Labute approximate surface area is 92.5 Å². The van der Waals surface area contributed by atoms with Gasteiger partial charge in [0.25, 0.3) is 0 Å². The third-order valence-electron chi connectivity index (χ3n) is 2.72. The van der Waals surface area contributed by atoms with Crippen LogP contribution in [0.1, 0.15) is 11.7 Å². The molecule has 1 saturated heterocycles. The number of benzene rings is 1. The molecular formula is C11H14O5. The van der Waals surface area contributed by atoms with E-state index in [0.29, 0.717) is 5.56 Å². The minimum atomic E-state index is -1.50. The van der Waals surface area contributed by atoms with Crippen LogP contribution in [-0.2, 0) is 4.74 Å². The van der Waals surface area contributed by atoms with E-state index >= 15 is 0 Å². The summed E-state index contributed by atoms with van der Waals surface area (Å²) in [7, 11) is 0. The summed E-state index contributed by atoms with van der Waals surface area (Å²) in [6, 6.07) is 8.75. The maximum absolute atomic E-state index is 9.73. The Hall–Kier alpha value is -0.980. The largest absolute Gasteiger partial charge is 0.387 e. The zero-order valence-electron chi connectivity index (χ0n) is 8.47. The van der Waals surface area contributed by atoms with E-state index < -0.39 is 30.7 Å². The van der Waals surface area contributed by atoms with Crippen LogP contribution in [0.2, 0.25) is 0 Å². The second-order valence-corrected chi connectivity index (χ2v) is 3.83. The predicted molar refractivity (Wildman–Crippen MR) is 54.3 cm³/mol. The van der Waals surface area contributed by atoms with Crippen LogP contribution in [0.15, 0.2) is 30.3 Å². The van der Waals surface area contributed by atoms with Gasteiger partial charge >= 0.3 is 0 Å². The molecule has 5 nitrogen and oxygen atoms in total. The summed E-state index contributed by atoms with van der Waals surface area (Å²) in [4.78, 5) is 0. The Kier molecular flexibility index (Phi) is 3.22. The quantitative estimate of drug-likeness (QED) is 0.501. The average Bonchev–Trinajstić information content (AvgIpc) is 2.32. The molecule has 0 radical (unpaired) electrons. The molecule has 0 saturated carbocycles. The smallest absolute Gasteiger partial charge is 0.184 e. The van der Waals surface area contributed by atoms with Gasteiger partial charge in [0.2, 0.25) is 0 Å². The third kappa shape index (κ3) is 1.95. The molecule has 1 heterocycles. The third-order valence-corrected chi connectivity index (χ3v) is 2.72. The van der Waals surface area contributed by atoms with Gasteiger partial charge in [-0.1, -0.05) is 30.3 Å². The summed E-state index contributed by atoms with van der Waals surface area (Å²) in [5.74, 6) is 0. The lowest BCUT2D eigenvalue weighted by Gasteiger charge is -2.38. The highest BCUT2D eigenvalue weighted by Gasteiger charge is 2.43. The average molecular weight is 226 g/mol. The highest BCUT2D eigenvalue weighted by molar-refractivity contribution is 5.20. The molecule has 2 rings (SSSR count). The molecule has 0 spiro atoms. The van der Waals surface area contributed by atoms with Crippen molar-refractivity contribution in [2.45, 2.75) is 30.7 Å². The molecule has 0 aromatic heterocycles. The molecule has 1 aliphatic rings. The van der Waals surface area contributed by atoms with Gasteiger partial charge in [0.15, 0.2) is 6.29 Å². The first-order valence-corrected chi connectivity index (χ1v) is 5.04. The molecule has 88 valence electrons. The maximum atomic E-state index is 9.73. The van der Waals surface area contributed by atoms with Gasteiger partial charge in [-0.2, -0.15) is 0 Å². The van der Waals surface area contributed by atoms with Crippen molar-refractivity contribution in [2.24, 2.45) is 0 Å². The van der Waals surface area contributed by atoms with E-state index in [9.17, 15) is 20.4 Å². The highest BCUT2D eigenvalue weighted by atomic mass is 16.6. The van der Waals surface area contributed by atoms with Gasteiger partial charge in [0.05, 0.1) is 0 Å². The van der Waals surface area contributed by atoms with E-state index in [0.717, 1.165) is 0 Å². The van der Waals surface area contributed by atoms with Gasteiger partial charge in [-0.05, 0) is 5.56 Å². The Morgan fingerprint density at radius 3 is 2.06 bits per heavy atom. The standard InChI is InChI=1S/C11H14O5/c12-7-8(13)10(16-11(15)9(7)14)6-4-2-1-3-5-6/h1-5,7-15H/t7-,8-,9+,10-,11+/m0/s1. The Morgan fingerprint density at radius 2 is 1.44 bits per heavy atom. The summed E-state index contributed by atoms with van der Waals surface area (Å²) in [5.41, 5.74) is 0.639. The molecule has 0 amide bonds. The van der Waals surface area contributed by atoms with E-state index in [1.807, 2.05) is 0 Å². The molecular weight excluding hydrogens is 212 g/mol. The normalized spacial score (nSPS) is 39.6. The topological polar surface area (TPSA) is 90.2 Å². The number of hydrogen-bond acceptors (Lipinski definition) is 5. The minimum absolute atomic E-state index is 0.639. The van der Waals surface area contributed by atoms with Crippen LogP contribution in [0.3, 0.4) is 0 Å². The van der Waals surface area contributed by atoms with Crippen molar-refractivity contribution in [3.05, 3.63) is 35.9 Å². The number of hydrogen-bond donors (Lipinski definition) is 4. The van der Waals surface area contributed by atoms with E-state index in [1.54, 1.807) is 30.3 Å². The molecule has 16 heavy (non-hydrogen) atoms. The molecule has 1 aliphatic heterocycles. The van der Waals surface area contributed by atoms with Crippen molar-refractivity contribution in [1.29, 1.82) is 0 Å². The number of rotatable bonds is 1. The van der Waals surface area contributed by atoms with Crippen molar-refractivity contribution in [3.63, 3.8) is 0 Å². The molecule has 1 fully saturated rings. The molecule has 4 N–H and O–H groups in total. The van der Waals surface area contributed by atoms with Crippen LogP contribution in [0.4, 0.5) is 0 Å². The first-order chi connectivity index (χ1) is 7.61. The lowest BCUT2D eigenvalue weighted by atomic mass is 9.94. The van der Waals surface area contributed by atoms with Crippen molar-refractivity contribution in [3.8, 4) is 0 Å². The van der Waals surface area contributed by atoms with E-state index in [1.165, 1.54) is 0 Å². The monoisotopic (exact) mass is 226 g/mol. The molecule has 5 heteroatoms. The molecule has 1 aromatic rings. The molecule has 0 unspecified atom stereocenters. The Balaban J connectivity index is 2.23. The highest BCUT2D eigenvalue weighted by Crippen LogP contribution is 2.31. The van der Waals surface area contributed by atoms with Crippen LogP contribution < -0.4 is 0 Å². The summed E-state index contributed by atoms with van der Waals surface area (Å²) >= 11 is 0. The fraction of sp³-hybridized carbons (Fsp3) is 0.455. The fourth-order valence-electron chi connectivity index (χ4n) is 1.78. The second kappa shape index (κ2) is 4.48. The molecule has 0 aliphatic carbocycles. The zero-order valence-corrected chi connectivity index (χ0v) is 8.47. The van der Waals surface area contributed by atoms with Crippen LogP contribution in [0.5, 0.6) is 0 Å². The summed E-state index contributed by atoms with van der Waals surface area (Å²) < 4.78 is 5.06. The van der Waals surface area contributed by atoms with Crippen molar-refractivity contribution < 1.29 is 25.2 Å². The van der Waals surface area contributed by atoms with E-state index in [4.69, 9.17) is 4.74 Å². The zero-order chi connectivity index (χ0) is 11.7. The van der Waals surface area contributed by atoms with Crippen LogP contribution in [-0.4, -0.2) is 45.0 Å². The van der Waals surface area contributed by atoms with Crippen molar-refractivity contribution >= 4 is 0 Å². The first kappa shape index (κ1) is 11.5. The molecule has 5 atom stereocenters. The van der Waals surface area contributed by atoms with Crippen LogP contribution >= 0.6 is 0 Å². The Morgan fingerprint density at radius 1 is 0.812 bits per heavy atom. The number of aliphatic hydroxyl groups excluding tert-OH is 4. The number of ether oxygens (including phenoxy) is 1. The van der Waals surface area contributed by atoms with Gasteiger partial charge in [0, 0.05) is 0 Å². The number of aliphatic hydroxyl groups is 4. The van der Waals surface area contributed by atoms with Gasteiger partial charge in [0.1, 0.15) is 24.4 Å². The van der Waals surface area contributed by atoms with Crippen LogP contribution in [0, 0.1) is 0 Å². The summed E-state index contributed by atoms with van der Waals surface area (Å²) in [6.07, 6.45) is -6.51. The van der Waals surface area contributed by atoms with Crippen LogP contribution in [0.25, 0.3) is 0 Å². The summed E-state index contributed by atoms with van der Waals surface area (Å²) in [5, 5.41) is 37.9. The van der Waals surface area contributed by atoms with Crippen molar-refractivity contribution in [2.75, 3.05) is 0 Å². The predicted octanol–water partition coefficient (Wildman–Crippen LogP) is -0.841. The first-order valence-electron chi connectivity index (χ1n) is 5.04. The molecule has 1 aromatic carbocycles. The molecule has 0 bridgehead atoms. The van der Waals surface area contributed by atoms with Gasteiger partial charge in [-0.3, -0.25) is 0 Å². The van der Waals surface area contributed by atoms with Crippen molar-refractivity contribution in [1.82, 2.24) is 0 Å². The van der Waals surface area contributed by atoms with E-state index in [2.05, 4.69) is 0 Å². The fourth-order valence-corrected chi connectivity index (χ4v) is 1.78. The van der Waals surface area contributed by atoms with Gasteiger partial charge < -0.3 is 25.2 Å². The van der Waals surface area contributed by atoms with Gasteiger partial charge in [-0.15, -0.1) is 0 Å². The lowest BCUT2D eigenvalue weighted by molar-refractivity contribution is -0.284. The maximum Gasteiger partial charge on any atom is 0.184 e. The lowest BCUT2D eigenvalue weighted by Crippen LogP contribution is -2.54. The van der Waals surface area contributed by atoms with Gasteiger partial charge in [-0.25, -0.2) is 0 Å². The Bertz CT molecular complexity index is 341. The second-order valence-electron chi connectivity index (χ2n) is 3.83. The minimum Gasteiger partial charge on any atom is -0.387 e. The summed E-state index contributed by atoms with van der Waals surface area (Å²) in [6.45, 7) is 0. The SMILES string of the molecule is O[C@@H]1[C@@H](O)[C@H](O)O[C@@H](c2ccccc2)[C@H]1O.